The third kappa shape index (κ3) is 4.72. The lowest BCUT2D eigenvalue weighted by Gasteiger charge is -2.56. The summed E-state index contributed by atoms with van der Waals surface area (Å²) in [5, 5.41) is 3.42. The van der Waals surface area contributed by atoms with Crippen molar-refractivity contribution in [1.29, 1.82) is 0 Å². The molecule has 5 fully saturated rings. The molecule has 6 heteroatoms. The van der Waals surface area contributed by atoms with Crippen molar-refractivity contribution in [2.24, 2.45) is 17.8 Å². The van der Waals surface area contributed by atoms with Crippen LogP contribution < -0.4 is 5.32 Å². The maximum atomic E-state index is 12.7. The highest BCUT2D eigenvalue weighted by molar-refractivity contribution is 8.26. The first-order valence-electron chi connectivity index (χ1n) is 11.8. The Morgan fingerprint density at radius 3 is 2.44 bits per heavy atom. The van der Waals surface area contributed by atoms with Crippen LogP contribution in [0.2, 0.25) is 0 Å². The van der Waals surface area contributed by atoms with Crippen molar-refractivity contribution in [1.82, 2.24) is 10.2 Å². The first-order chi connectivity index (χ1) is 15.5. The fraction of sp³-hybridized carbons (Fsp3) is 0.500. The summed E-state index contributed by atoms with van der Waals surface area (Å²) < 4.78 is 0.579. The third-order valence-corrected chi connectivity index (χ3v) is 8.83. The van der Waals surface area contributed by atoms with E-state index in [0.717, 1.165) is 23.3 Å². The summed E-state index contributed by atoms with van der Waals surface area (Å²) in [7, 11) is 0. The second-order valence-corrected chi connectivity index (χ2v) is 11.7. The molecular formula is C26H30N2O2S2. The fourth-order valence-corrected chi connectivity index (χ4v) is 7.80. The van der Waals surface area contributed by atoms with Crippen molar-refractivity contribution in [2.45, 2.75) is 56.9 Å². The van der Waals surface area contributed by atoms with Gasteiger partial charge in [0.25, 0.3) is 5.91 Å². The number of nitrogens with zero attached hydrogens (tertiary/aromatic N) is 1. The summed E-state index contributed by atoms with van der Waals surface area (Å²) >= 11 is 6.76. The molecule has 0 unspecified atom stereocenters. The average molecular weight is 467 g/mol. The van der Waals surface area contributed by atoms with Gasteiger partial charge in [-0.3, -0.25) is 14.5 Å². The van der Waals surface area contributed by atoms with Gasteiger partial charge in [0.15, 0.2) is 0 Å². The van der Waals surface area contributed by atoms with Crippen LogP contribution in [0.25, 0.3) is 6.08 Å². The molecule has 1 aromatic carbocycles. The van der Waals surface area contributed by atoms with E-state index >= 15 is 0 Å². The number of benzene rings is 1. The monoisotopic (exact) mass is 466 g/mol. The van der Waals surface area contributed by atoms with Crippen molar-refractivity contribution in [2.75, 3.05) is 6.54 Å². The van der Waals surface area contributed by atoms with Gasteiger partial charge in [0.2, 0.25) is 5.91 Å². The van der Waals surface area contributed by atoms with Gasteiger partial charge < -0.3 is 5.32 Å². The number of allylic oxidation sites excluding steroid dienone is 2. The van der Waals surface area contributed by atoms with Crippen LogP contribution >= 0.6 is 24.0 Å². The summed E-state index contributed by atoms with van der Waals surface area (Å²) in [5.74, 6) is 2.54. The zero-order valence-corrected chi connectivity index (χ0v) is 19.9. The quantitative estimate of drug-likeness (QED) is 0.437. The van der Waals surface area contributed by atoms with Crippen molar-refractivity contribution < 1.29 is 9.59 Å². The Hall–Kier alpha value is -1.92. The second kappa shape index (κ2) is 9.14. The number of rotatable bonds is 7. The minimum Gasteiger partial charge on any atom is -0.351 e. The first-order valence-corrected chi connectivity index (χ1v) is 13.0. The minimum atomic E-state index is -0.0563. The van der Waals surface area contributed by atoms with Crippen LogP contribution in [-0.2, 0) is 9.59 Å². The maximum absolute atomic E-state index is 12.7. The first kappa shape index (κ1) is 21.9. The predicted octanol–water partition coefficient (Wildman–Crippen LogP) is 5.31. The number of carbonyl (C=O) groups excluding carboxylic acids is 2. The van der Waals surface area contributed by atoms with E-state index in [9.17, 15) is 9.59 Å². The molecule has 1 saturated heterocycles. The van der Waals surface area contributed by atoms with Crippen LogP contribution in [0.1, 0.15) is 56.9 Å². The third-order valence-electron chi connectivity index (χ3n) is 7.44. The molecule has 2 amide bonds. The summed E-state index contributed by atoms with van der Waals surface area (Å²) in [5.41, 5.74) is 1.14. The SMILES string of the molecule is O=C(CCCN1C(=O)C(=CC=Cc2ccccc2)SC1=S)NC12CC3CC(CC(C3)C1)C2. The molecule has 6 rings (SSSR count). The largest absolute Gasteiger partial charge is 0.351 e. The summed E-state index contributed by atoms with van der Waals surface area (Å²) in [6.45, 7) is 0.499. The Bertz CT molecular complexity index is 934. The second-order valence-electron chi connectivity index (χ2n) is 9.98. The lowest BCUT2D eigenvalue weighted by atomic mass is 9.53. The van der Waals surface area contributed by atoms with Crippen LogP contribution in [0.4, 0.5) is 0 Å². The van der Waals surface area contributed by atoms with Gasteiger partial charge in [-0.2, -0.15) is 0 Å². The number of carbonyl (C=O) groups is 2. The van der Waals surface area contributed by atoms with E-state index in [4.69, 9.17) is 12.2 Å². The molecule has 0 spiro atoms. The van der Waals surface area contributed by atoms with Gasteiger partial charge in [-0.15, -0.1) is 0 Å². The van der Waals surface area contributed by atoms with E-state index in [2.05, 4.69) is 5.32 Å². The lowest BCUT2D eigenvalue weighted by Crippen LogP contribution is -2.59. The van der Waals surface area contributed by atoms with Gasteiger partial charge in [0, 0.05) is 18.5 Å². The smallest absolute Gasteiger partial charge is 0.266 e. The molecule has 5 aliphatic rings. The standard InChI is InChI=1S/C26H30N2O2S2/c29-23(27-26-15-19-12-20(16-26)14-21(13-19)17-26)10-5-11-28-24(30)22(32-25(28)31)9-4-8-18-6-2-1-3-7-18/h1-4,6-9,19-21H,5,10-17H2,(H,27,29). The lowest BCUT2D eigenvalue weighted by molar-refractivity contribution is -0.127. The van der Waals surface area contributed by atoms with Gasteiger partial charge in [0.1, 0.15) is 4.32 Å². The Labute approximate surface area is 199 Å². The molecule has 168 valence electrons. The molecule has 4 aliphatic carbocycles. The van der Waals surface area contributed by atoms with Crippen molar-refractivity contribution >= 4 is 46.2 Å². The zero-order chi connectivity index (χ0) is 22.1. The van der Waals surface area contributed by atoms with Crippen molar-refractivity contribution in [3.05, 3.63) is 53.0 Å². The number of thiocarbonyl (C=S) groups is 1. The number of hydrogen-bond donors (Lipinski definition) is 1. The number of amides is 2. The fourth-order valence-electron chi connectivity index (χ4n) is 6.54. The van der Waals surface area contributed by atoms with Crippen LogP contribution in [0.3, 0.4) is 0 Å². The molecule has 4 bridgehead atoms. The minimum absolute atomic E-state index is 0.0563. The summed E-state index contributed by atoms with van der Waals surface area (Å²) in [6.07, 6.45) is 14.4. The molecule has 1 heterocycles. The van der Waals surface area contributed by atoms with Gasteiger partial charge in [0.05, 0.1) is 4.91 Å². The summed E-state index contributed by atoms with van der Waals surface area (Å²) in [4.78, 5) is 27.8. The Morgan fingerprint density at radius 1 is 1.12 bits per heavy atom. The van der Waals surface area contributed by atoms with E-state index in [1.165, 1.54) is 50.3 Å². The van der Waals surface area contributed by atoms with Crippen LogP contribution in [-0.4, -0.2) is 33.1 Å². The normalized spacial score (nSPS) is 32.4. The number of thioether (sulfide) groups is 1. The molecule has 1 aromatic rings. The van der Waals surface area contributed by atoms with E-state index < -0.39 is 0 Å². The zero-order valence-electron chi connectivity index (χ0n) is 18.3. The van der Waals surface area contributed by atoms with Gasteiger partial charge in [-0.25, -0.2) is 0 Å². The molecule has 4 nitrogen and oxygen atoms in total. The van der Waals surface area contributed by atoms with E-state index in [-0.39, 0.29) is 17.4 Å². The molecule has 0 aromatic heterocycles. The topological polar surface area (TPSA) is 49.4 Å². The Morgan fingerprint density at radius 2 is 1.78 bits per heavy atom. The van der Waals surface area contributed by atoms with E-state index in [1.54, 1.807) is 4.90 Å². The van der Waals surface area contributed by atoms with Crippen molar-refractivity contribution in [3.63, 3.8) is 0 Å². The highest BCUT2D eigenvalue weighted by Crippen LogP contribution is 2.55. The van der Waals surface area contributed by atoms with E-state index in [1.807, 2.05) is 48.6 Å². The van der Waals surface area contributed by atoms with Crippen LogP contribution in [0, 0.1) is 17.8 Å². The molecule has 0 radical (unpaired) electrons. The van der Waals surface area contributed by atoms with Crippen molar-refractivity contribution in [3.8, 4) is 0 Å². The number of nitrogens with one attached hydrogen (secondary N) is 1. The van der Waals surface area contributed by atoms with Gasteiger partial charge in [-0.05, 0) is 74.3 Å². The number of hydrogen-bond acceptors (Lipinski definition) is 4. The van der Waals surface area contributed by atoms with E-state index in [0.29, 0.717) is 28.6 Å². The maximum Gasteiger partial charge on any atom is 0.266 e. The van der Waals surface area contributed by atoms with Gasteiger partial charge >= 0.3 is 0 Å². The molecule has 4 saturated carbocycles. The highest BCUT2D eigenvalue weighted by Gasteiger charge is 2.51. The Balaban J connectivity index is 1.11. The molecule has 0 atom stereocenters. The average Bonchev–Trinajstić information content (AvgIpc) is 3.01. The highest BCUT2D eigenvalue weighted by atomic mass is 32.2. The predicted molar refractivity (Wildman–Crippen MR) is 134 cm³/mol. The molecule has 1 N–H and O–H groups in total. The van der Waals surface area contributed by atoms with Gasteiger partial charge in [-0.1, -0.05) is 66.5 Å². The molecule has 1 aliphatic heterocycles. The van der Waals surface area contributed by atoms with Crippen LogP contribution in [0.5, 0.6) is 0 Å². The molecule has 32 heavy (non-hydrogen) atoms. The van der Waals surface area contributed by atoms with Crippen LogP contribution in [0.15, 0.2) is 47.4 Å². The Kier molecular flexibility index (Phi) is 6.26. The summed E-state index contributed by atoms with van der Waals surface area (Å²) in [6, 6.07) is 9.98. The molecular weight excluding hydrogens is 436 g/mol.